The second kappa shape index (κ2) is 10.7. The molecule has 0 bridgehead atoms. The number of carbonyl (C=O) groups excluding carboxylic acids is 1. The minimum atomic E-state index is -0.0253. The van der Waals surface area contributed by atoms with E-state index in [4.69, 9.17) is 9.47 Å². The van der Waals surface area contributed by atoms with E-state index in [1.54, 1.807) is 25.6 Å². The first-order valence-electron chi connectivity index (χ1n) is 11.0. The van der Waals surface area contributed by atoms with Crippen molar-refractivity contribution in [1.82, 2.24) is 20.1 Å². The Hall–Kier alpha value is -3.10. The molecule has 2 heterocycles. The van der Waals surface area contributed by atoms with E-state index in [0.29, 0.717) is 19.6 Å². The van der Waals surface area contributed by atoms with Gasteiger partial charge in [-0.05, 0) is 25.1 Å². The lowest BCUT2D eigenvalue weighted by Crippen LogP contribution is -2.51. The second-order valence-electron chi connectivity index (χ2n) is 7.99. The van der Waals surface area contributed by atoms with Crippen molar-refractivity contribution in [1.29, 1.82) is 0 Å². The van der Waals surface area contributed by atoms with Crippen LogP contribution in [0.15, 0.2) is 48.5 Å². The van der Waals surface area contributed by atoms with E-state index in [1.807, 2.05) is 48.2 Å². The topological polar surface area (TPSA) is 66.9 Å². The summed E-state index contributed by atoms with van der Waals surface area (Å²) >= 11 is 1.63. The van der Waals surface area contributed by atoms with Crippen molar-refractivity contribution in [2.75, 3.05) is 40.4 Å². The highest BCUT2D eigenvalue weighted by molar-refractivity contribution is 7.15. The summed E-state index contributed by atoms with van der Waals surface area (Å²) in [6.45, 7) is 6.26. The third kappa shape index (κ3) is 5.64. The zero-order valence-corrected chi connectivity index (χ0v) is 20.2. The highest BCUT2D eigenvalue weighted by Gasteiger charge is 2.22. The summed E-state index contributed by atoms with van der Waals surface area (Å²) in [6, 6.07) is 16.0. The van der Waals surface area contributed by atoms with Crippen LogP contribution in [0, 0.1) is 6.92 Å². The first-order chi connectivity index (χ1) is 16.1. The number of amides is 2. The van der Waals surface area contributed by atoms with E-state index in [-0.39, 0.29) is 6.03 Å². The van der Waals surface area contributed by atoms with E-state index in [1.165, 1.54) is 0 Å². The molecule has 174 valence electrons. The molecule has 1 aromatic heterocycles. The lowest BCUT2D eigenvalue weighted by atomic mass is 10.1. The summed E-state index contributed by atoms with van der Waals surface area (Å²) in [5, 5.41) is 4.06. The van der Waals surface area contributed by atoms with Crippen LogP contribution < -0.4 is 14.8 Å². The lowest BCUT2D eigenvalue weighted by Gasteiger charge is -2.35. The van der Waals surface area contributed by atoms with Crippen molar-refractivity contribution < 1.29 is 14.3 Å². The molecule has 1 N–H and O–H groups in total. The molecule has 1 saturated heterocycles. The van der Waals surface area contributed by atoms with E-state index in [0.717, 1.165) is 57.8 Å². The summed E-state index contributed by atoms with van der Waals surface area (Å²) in [5.74, 6) is 1.67. The summed E-state index contributed by atoms with van der Waals surface area (Å²) < 4.78 is 10.8. The Balaban J connectivity index is 1.28. The highest BCUT2D eigenvalue weighted by Crippen LogP contribution is 2.28. The molecule has 0 unspecified atom stereocenters. The maximum atomic E-state index is 12.8. The first-order valence-corrected chi connectivity index (χ1v) is 11.9. The van der Waals surface area contributed by atoms with Gasteiger partial charge in [-0.3, -0.25) is 4.90 Å². The monoisotopic (exact) mass is 466 g/mol. The van der Waals surface area contributed by atoms with Gasteiger partial charge in [0, 0.05) is 48.7 Å². The van der Waals surface area contributed by atoms with Gasteiger partial charge >= 0.3 is 6.03 Å². The van der Waals surface area contributed by atoms with Crippen LogP contribution in [0.3, 0.4) is 0 Å². The fourth-order valence-electron chi connectivity index (χ4n) is 3.92. The molecule has 0 spiro atoms. The number of thiazole rings is 1. The van der Waals surface area contributed by atoms with E-state index < -0.39 is 0 Å². The molecule has 0 radical (unpaired) electrons. The van der Waals surface area contributed by atoms with Crippen LogP contribution >= 0.6 is 11.3 Å². The van der Waals surface area contributed by atoms with Crippen molar-refractivity contribution in [2.45, 2.75) is 20.0 Å². The molecule has 4 rings (SSSR count). The van der Waals surface area contributed by atoms with Gasteiger partial charge in [0.1, 0.15) is 16.5 Å². The molecule has 0 saturated carbocycles. The minimum Gasteiger partial charge on any atom is -0.497 e. The Labute approximate surface area is 199 Å². The highest BCUT2D eigenvalue weighted by atomic mass is 32.1. The molecule has 0 aliphatic carbocycles. The number of nitrogens with zero attached hydrogens (tertiary/aromatic N) is 3. The Morgan fingerprint density at radius 1 is 1.06 bits per heavy atom. The van der Waals surface area contributed by atoms with Crippen molar-refractivity contribution in [3.63, 3.8) is 0 Å². The van der Waals surface area contributed by atoms with Gasteiger partial charge in [0.25, 0.3) is 0 Å². The molecule has 8 heteroatoms. The molecule has 0 atom stereocenters. The van der Waals surface area contributed by atoms with E-state index in [9.17, 15) is 4.79 Å². The SMILES string of the molecule is COc1ccc(OC)c(CN2CCN(C(=O)NCc3sc(-c4ccccc4)nc3C)CC2)c1. The summed E-state index contributed by atoms with van der Waals surface area (Å²) in [6.07, 6.45) is 0. The van der Waals surface area contributed by atoms with E-state index in [2.05, 4.69) is 27.3 Å². The minimum absolute atomic E-state index is 0.0253. The third-order valence-corrected chi connectivity index (χ3v) is 7.06. The number of hydrogen-bond acceptors (Lipinski definition) is 6. The molecule has 33 heavy (non-hydrogen) atoms. The number of benzene rings is 2. The number of nitrogens with one attached hydrogen (secondary N) is 1. The molecule has 2 aromatic carbocycles. The number of methoxy groups -OCH3 is 2. The normalized spacial score (nSPS) is 14.2. The Bertz CT molecular complexity index is 1080. The van der Waals surface area contributed by atoms with Crippen molar-refractivity contribution in [3.8, 4) is 22.1 Å². The van der Waals surface area contributed by atoms with Gasteiger partial charge in [-0.25, -0.2) is 9.78 Å². The van der Waals surface area contributed by atoms with E-state index >= 15 is 0 Å². The predicted molar refractivity (Wildman–Crippen MR) is 131 cm³/mol. The fourth-order valence-corrected chi connectivity index (χ4v) is 4.93. The number of urea groups is 1. The van der Waals surface area contributed by atoms with Crippen molar-refractivity contribution in [3.05, 3.63) is 64.7 Å². The number of rotatable bonds is 7. The summed E-state index contributed by atoms with van der Waals surface area (Å²) in [5.41, 5.74) is 3.16. The van der Waals surface area contributed by atoms with Crippen LogP contribution in [-0.2, 0) is 13.1 Å². The standard InChI is InChI=1S/C25H30N4O3S/c1-18-23(33-24(27-18)19-7-5-4-6-8-19)16-26-25(30)29-13-11-28(12-14-29)17-20-15-21(31-2)9-10-22(20)32-3/h4-10,15H,11-14,16-17H2,1-3H3,(H,26,30). The Morgan fingerprint density at radius 2 is 1.82 bits per heavy atom. The number of hydrogen-bond donors (Lipinski definition) is 1. The number of piperazine rings is 1. The van der Waals surface area contributed by atoms with Gasteiger partial charge in [-0.2, -0.15) is 0 Å². The number of aromatic nitrogens is 1. The van der Waals surface area contributed by atoms with Gasteiger partial charge in [0.05, 0.1) is 26.5 Å². The number of carbonyl (C=O) groups is 1. The Morgan fingerprint density at radius 3 is 2.52 bits per heavy atom. The van der Waals surface area contributed by atoms with Gasteiger partial charge in [0.2, 0.25) is 0 Å². The Kier molecular flexibility index (Phi) is 7.47. The van der Waals surface area contributed by atoms with Gasteiger partial charge in [-0.15, -0.1) is 11.3 Å². The quantitative estimate of drug-likeness (QED) is 0.566. The average molecular weight is 467 g/mol. The first kappa shape index (κ1) is 23.1. The largest absolute Gasteiger partial charge is 0.497 e. The molecule has 1 aliphatic rings. The fraction of sp³-hybridized carbons (Fsp3) is 0.360. The molecular weight excluding hydrogens is 436 g/mol. The molecule has 3 aromatic rings. The van der Waals surface area contributed by atoms with Crippen LogP contribution in [-0.4, -0.2) is 61.2 Å². The zero-order chi connectivity index (χ0) is 23.2. The van der Waals surface area contributed by atoms with Gasteiger partial charge in [-0.1, -0.05) is 30.3 Å². The summed E-state index contributed by atoms with van der Waals surface area (Å²) in [4.78, 5) is 22.7. The second-order valence-corrected chi connectivity index (χ2v) is 9.08. The van der Waals surface area contributed by atoms with Crippen LogP contribution in [0.2, 0.25) is 0 Å². The molecule has 2 amide bonds. The average Bonchev–Trinajstić information content (AvgIpc) is 3.24. The van der Waals surface area contributed by atoms with Crippen LogP contribution in [0.25, 0.3) is 10.6 Å². The van der Waals surface area contributed by atoms with Gasteiger partial charge in [0.15, 0.2) is 0 Å². The molecule has 7 nitrogen and oxygen atoms in total. The van der Waals surface area contributed by atoms with Crippen LogP contribution in [0.5, 0.6) is 11.5 Å². The zero-order valence-electron chi connectivity index (χ0n) is 19.3. The molecule has 1 aliphatic heterocycles. The maximum absolute atomic E-state index is 12.8. The van der Waals surface area contributed by atoms with Crippen LogP contribution in [0.4, 0.5) is 4.79 Å². The summed E-state index contributed by atoms with van der Waals surface area (Å²) in [7, 11) is 3.35. The van der Waals surface area contributed by atoms with Crippen LogP contribution in [0.1, 0.15) is 16.1 Å². The third-order valence-electron chi connectivity index (χ3n) is 5.85. The number of aryl methyl sites for hydroxylation is 1. The maximum Gasteiger partial charge on any atom is 0.317 e. The molecular formula is C25H30N4O3S. The lowest BCUT2D eigenvalue weighted by molar-refractivity contribution is 0.134. The van der Waals surface area contributed by atoms with Crippen molar-refractivity contribution >= 4 is 17.4 Å². The predicted octanol–water partition coefficient (Wildman–Crippen LogP) is 4.16. The number of ether oxygens (including phenoxy) is 2. The van der Waals surface area contributed by atoms with Gasteiger partial charge < -0.3 is 19.7 Å². The van der Waals surface area contributed by atoms with Crippen molar-refractivity contribution in [2.24, 2.45) is 0 Å². The smallest absolute Gasteiger partial charge is 0.317 e. The molecule has 1 fully saturated rings.